The lowest BCUT2D eigenvalue weighted by Gasteiger charge is -2.25. The second kappa shape index (κ2) is 15.6. The molecule has 0 unspecified atom stereocenters. The number of amides is 2. The van der Waals surface area contributed by atoms with E-state index in [1.807, 2.05) is 51.7 Å². The van der Waals surface area contributed by atoms with Gasteiger partial charge in [0.1, 0.15) is 17.8 Å². The number of halogens is 3. The van der Waals surface area contributed by atoms with Gasteiger partial charge in [0.05, 0.1) is 12.5 Å². The Hall–Kier alpha value is -4.45. The number of nitrogens with zero attached hydrogens (tertiary/aromatic N) is 2. The van der Waals surface area contributed by atoms with Gasteiger partial charge in [-0.3, -0.25) is 24.1 Å². The standard InChI is InChI=1S/C36H43F3N4O5/c1-20(2)13-30(41-34(46)26-7-6-9-43(36(26)48)12-11-42-10-8-25(37)19-42)35(47)40-29(18-31(44)45)27-16-24(17-28(38)33(27)39)32-22(4)14-21(3)15-23(32)5/h6-7,9,14-17,20,25,29-30H,8,10-13,18-19H2,1-5H3,(H,40,47)(H,41,46)(H,44,45)/t25-,29+,30+/m1/s1. The normalized spacial score (nSPS) is 16.1. The highest BCUT2D eigenvalue weighted by Crippen LogP contribution is 2.33. The molecule has 48 heavy (non-hydrogen) atoms. The van der Waals surface area contributed by atoms with Crippen molar-refractivity contribution >= 4 is 17.8 Å². The highest BCUT2D eigenvalue weighted by molar-refractivity contribution is 5.97. The predicted molar refractivity (Wildman–Crippen MR) is 177 cm³/mol. The monoisotopic (exact) mass is 668 g/mol. The highest BCUT2D eigenvalue weighted by Gasteiger charge is 2.30. The van der Waals surface area contributed by atoms with Gasteiger partial charge in [-0.15, -0.1) is 0 Å². The van der Waals surface area contributed by atoms with Gasteiger partial charge < -0.3 is 20.3 Å². The number of carbonyl (C=O) groups excluding carboxylic acids is 2. The summed E-state index contributed by atoms with van der Waals surface area (Å²) < 4.78 is 45.4. The Labute approximate surface area is 278 Å². The van der Waals surface area contributed by atoms with Gasteiger partial charge in [-0.1, -0.05) is 31.5 Å². The van der Waals surface area contributed by atoms with E-state index in [1.54, 1.807) is 0 Å². The topological polar surface area (TPSA) is 121 Å². The number of rotatable bonds is 13. The van der Waals surface area contributed by atoms with Crippen LogP contribution in [0, 0.1) is 38.3 Å². The molecule has 9 nitrogen and oxygen atoms in total. The maximum Gasteiger partial charge on any atom is 0.305 e. The van der Waals surface area contributed by atoms with Gasteiger partial charge in [0.25, 0.3) is 11.5 Å². The minimum absolute atomic E-state index is 0.108. The van der Waals surface area contributed by atoms with E-state index in [0.29, 0.717) is 30.6 Å². The zero-order valence-corrected chi connectivity index (χ0v) is 27.9. The number of benzene rings is 2. The average molecular weight is 669 g/mol. The van der Waals surface area contributed by atoms with E-state index in [-0.39, 0.29) is 36.6 Å². The molecule has 0 aliphatic carbocycles. The van der Waals surface area contributed by atoms with Crippen molar-refractivity contribution in [1.29, 1.82) is 0 Å². The molecule has 258 valence electrons. The van der Waals surface area contributed by atoms with Crippen LogP contribution < -0.4 is 16.2 Å². The summed E-state index contributed by atoms with van der Waals surface area (Å²) in [6.45, 7) is 10.7. The molecule has 4 rings (SSSR count). The van der Waals surface area contributed by atoms with Crippen molar-refractivity contribution in [2.75, 3.05) is 19.6 Å². The molecule has 2 amide bonds. The molecule has 1 fully saturated rings. The second-order valence-electron chi connectivity index (χ2n) is 13.1. The maximum absolute atomic E-state index is 15.4. The Balaban J connectivity index is 1.60. The third kappa shape index (κ3) is 8.91. The smallest absolute Gasteiger partial charge is 0.305 e. The van der Waals surface area contributed by atoms with Crippen molar-refractivity contribution in [2.45, 2.75) is 78.7 Å². The van der Waals surface area contributed by atoms with Crippen LogP contribution in [0.2, 0.25) is 0 Å². The lowest BCUT2D eigenvalue weighted by molar-refractivity contribution is -0.137. The van der Waals surface area contributed by atoms with E-state index >= 15 is 8.78 Å². The Morgan fingerprint density at radius 3 is 2.31 bits per heavy atom. The Kier molecular flexibility index (Phi) is 11.9. The molecule has 2 heterocycles. The molecular formula is C36H43F3N4O5. The zero-order chi connectivity index (χ0) is 35.3. The summed E-state index contributed by atoms with van der Waals surface area (Å²) in [5.41, 5.74) is 2.44. The number of carboxylic acids is 1. The quantitative estimate of drug-likeness (QED) is 0.229. The molecule has 3 atom stereocenters. The molecule has 1 aliphatic heterocycles. The van der Waals surface area contributed by atoms with Crippen molar-refractivity contribution in [3.63, 3.8) is 0 Å². The number of carboxylic acid groups (broad SMARTS) is 1. The zero-order valence-electron chi connectivity index (χ0n) is 27.9. The summed E-state index contributed by atoms with van der Waals surface area (Å²) >= 11 is 0. The predicted octanol–water partition coefficient (Wildman–Crippen LogP) is 5.24. The largest absolute Gasteiger partial charge is 0.481 e. The first-order chi connectivity index (χ1) is 22.6. The molecule has 0 saturated carbocycles. The van der Waals surface area contributed by atoms with Gasteiger partial charge in [-0.2, -0.15) is 0 Å². The van der Waals surface area contributed by atoms with Crippen molar-refractivity contribution in [3.05, 3.63) is 92.4 Å². The lowest BCUT2D eigenvalue weighted by Crippen LogP contribution is -2.49. The van der Waals surface area contributed by atoms with E-state index in [2.05, 4.69) is 10.6 Å². The Morgan fingerprint density at radius 1 is 1.02 bits per heavy atom. The van der Waals surface area contributed by atoms with Crippen LogP contribution in [0.1, 0.15) is 71.8 Å². The first kappa shape index (κ1) is 36.4. The summed E-state index contributed by atoms with van der Waals surface area (Å²) in [6, 6.07) is 6.33. The van der Waals surface area contributed by atoms with Crippen LogP contribution in [-0.2, 0) is 16.1 Å². The molecule has 2 aromatic carbocycles. The fraction of sp³-hybridized carbons (Fsp3) is 0.444. The van der Waals surface area contributed by atoms with Crippen LogP contribution in [0.5, 0.6) is 0 Å². The number of alkyl halides is 1. The summed E-state index contributed by atoms with van der Waals surface area (Å²) in [7, 11) is 0. The molecular weight excluding hydrogens is 625 g/mol. The number of hydrogen-bond acceptors (Lipinski definition) is 5. The number of aliphatic carboxylic acids is 1. The molecule has 12 heteroatoms. The first-order valence-electron chi connectivity index (χ1n) is 16.1. The molecule has 0 spiro atoms. The summed E-state index contributed by atoms with van der Waals surface area (Å²) in [6.07, 6.45) is 0.403. The van der Waals surface area contributed by atoms with Crippen LogP contribution in [0.25, 0.3) is 11.1 Å². The van der Waals surface area contributed by atoms with E-state index in [4.69, 9.17) is 0 Å². The summed E-state index contributed by atoms with van der Waals surface area (Å²) in [5.74, 6) is -5.62. The van der Waals surface area contributed by atoms with Crippen LogP contribution in [0.15, 0.2) is 47.4 Å². The van der Waals surface area contributed by atoms with Crippen LogP contribution in [0.4, 0.5) is 13.2 Å². The fourth-order valence-electron chi connectivity index (χ4n) is 6.39. The average Bonchev–Trinajstić information content (AvgIpc) is 3.41. The molecule has 0 bridgehead atoms. The molecule has 1 aliphatic rings. The number of likely N-dealkylation sites (tertiary alicyclic amines) is 1. The number of aromatic nitrogens is 1. The third-order valence-electron chi connectivity index (χ3n) is 8.56. The third-order valence-corrected chi connectivity index (χ3v) is 8.56. The molecule has 0 radical (unpaired) electrons. The minimum atomic E-state index is -1.48. The number of carbonyl (C=O) groups is 3. The van der Waals surface area contributed by atoms with E-state index < -0.39 is 59.7 Å². The van der Waals surface area contributed by atoms with Gasteiger partial charge in [0.2, 0.25) is 5.91 Å². The Morgan fingerprint density at radius 2 is 1.71 bits per heavy atom. The number of hydrogen-bond donors (Lipinski definition) is 3. The van der Waals surface area contributed by atoms with Gasteiger partial charge in [0, 0.05) is 37.9 Å². The molecule has 3 aromatic rings. The second-order valence-corrected chi connectivity index (χ2v) is 13.1. The number of pyridine rings is 1. The fourth-order valence-corrected chi connectivity index (χ4v) is 6.39. The van der Waals surface area contributed by atoms with E-state index in [0.717, 1.165) is 22.8 Å². The van der Waals surface area contributed by atoms with E-state index in [9.17, 15) is 28.7 Å². The van der Waals surface area contributed by atoms with E-state index in [1.165, 1.54) is 29.0 Å². The number of aryl methyl sites for hydroxylation is 3. The molecule has 1 saturated heterocycles. The van der Waals surface area contributed by atoms with Crippen molar-refractivity contribution in [1.82, 2.24) is 20.1 Å². The van der Waals surface area contributed by atoms with Crippen molar-refractivity contribution in [2.24, 2.45) is 5.92 Å². The van der Waals surface area contributed by atoms with Crippen molar-refractivity contribution in [3.8, 4) is 11.1 Å². The Bertz CT molecular complexity index is 1720. The minimum Gasteiger partial charge on any atom is -0.481 e. The molecule has 1 aromatic heterocycles. The van der Waals surface area contributed by atoms with Crippen LogP contribution in [0.3, 0.4) is 0 Å². The summed E-state index contributed by atoms with van der Waals surface area (Å²) in [5, 5.41) is 14.8. The first-order valence-corrected chi connectivity index (χ1v) is 16.1. The van der Waals surface area contributed by atoms with Crippen molar-refractivity contribution < 1.29 is 32.7 Å². The summed E-state index contributed by atoms with van der Waals surface area (Å²) in [4.78, 5) is 54.0. The van der Waals surface area contributed by atoms with Crippen LogP contribution >= 0.6 is 0 Å². The lowest BCUT2D eigenvalue weighted by atomic mass is 9.90. The van der Waals surface area contributed by atoms with Crippen LogP contribution in [-0.4, -0.2) is 64.2 Å². The van der Waals surface area contributed by atoms with Gasteiger partial charge in [-0.25, -0.2) is 13.2 Å². The molecule has 3 N–H and O–H groups in total. The van der Waals surface area contributed by atoms with Gasteiger partial charge in [0.15, 0.2) is 11.6 Å². The SMILES string of the molecule is Cc1cc(C)c(-c2cc(F)c(F)c([C@H](CC(=O)O)NC(=O)[C@H](CC(C)C)NC(=O)c3cccn(CCN4CC[C@@H](F)C4)c3=O)c2)c(C)c1. The van der Waals surface area contributed by atoms with Gasteiger partial charge in [-0.05, 0) is 86.1 Å². The number of nitrogens with one attached hydrogen (secondary N) is 2. The maximum atomic E-state index is 15.4. The highest BCUT2D eigenvalue weighted by atomic mass is 19.2. The van der Waals surface area contributed by atoms with Gasteiger partial charge >= 0.3 is 5.97 Å².